The molecule has 6 rings (SSSR count). The number of thioether (sulfide) groups is 1. The summed E-state index contributed by atoms with van der Waals surface area (Å²) in [5, 5.41) is 3.96. The number of amidine groups is 1. The van der Waals surface area contributed by atoms with Gasteiger partial charge in [-0.3, -0.25) is 9.59 Å². The highest BCUT2D eigenvalue weighted by atomic mass is 32.2. The molecule has 3 aromatic rings. The Morgan fingerprint density at radius 2 is 1.90 bits per heavy atom. The lowest BCUT2D eigenvalue weighted by Crippen LogP contribution is -2.50. The van der Waals surface area contributed by atoms with Crippen LogP contribution in [-0.2, 0) is 19.7 Å². The van der Waals surface area contributed by atoms with E-state index in [-0.39, 0.29) is 23.2 Å². The minimum atomic E-state index is -0.688. The molecular formula is C33H35N3O4S2. The second kappa shape index (κ2) is 10.7. The Labute approximate surface area is 254 Å². The number of hydrogen-bond donors (Lipinski definition) is 1. The number of fused-ring (bicyclic) bond motifs is 6. The molecule has 1 unspecified atom stereocenters. The molecule has 1 N–H and O–H groups in total. The van der Waals surface area contributed by atoms with Crippen LogP contribution in [0, 0.1) is 5.41 Å². The molecule has 1 aromatic heterocycles. The minimum Gasteiger partial charge on any atom is -0.497 e. The number of methoxy groups -OCH3 is 2. The van der Waals surface area contributed by atoms with E-state index < -0.39 is 5.41 Å². The zero-order chi connectivity index (χ0) is 29.8. The summed E-state index contributed by atoms with van der Waals surface area (Å²) >= 11 is 2.82. The molecule has 2 fully saturated rings. The van der Waals surface area contributed by atoms with E-state index in [1.165, 1.54) is 41.3 Å². The zero-order valence-corrected chi connectivity index (χ0v) is 26.4. The van der Waals surface area contributed by atoms with E-state index in [0.29, 0.717) is 21.1 Å². The molecule has 1 amide bonds. The summed E-state index contributed by atoms with van der Waals surface area (Å²) in [5.41, 5.74) is 4.45. The molecule has 0 spiro atoms. The summed E-state index contributed by atoms with van der Waals surface area (Å²) in [6, 6.07) is 14.3. The van der Waals surface area contributed by atoms with Crippen molar-refractivity contribution in [3.05, 3.63) is 68.9 Å². The first-order valence-electron chi connectivity index (χ1n) is 14.2. The van der Waals surface area contributed by atoms with Crippen LogP contribution in [0.5, 0.6) is 5.75 Å². The first-order valence-corrected chi connectivity index (χ1v) is 15.9. The van der Waals surface area contributed by atoms with Gasteiger partial charge in [0.15, 0.2) is 5.17 Å². The Morgan fingerprint density at radius 3 is 2.60 bits per heavy atom. The number of carbonyl (C=O) groups excluding carboxylic acids is 2. The van der Waals surface area contributed by atoms with E-state index >= 15 is 0 Å². The van der Waals surface area contributed by atoms with Crippen molar-refractivity contribution in [2.24, 2.45) is 10.4 Å². The summed E-state index contributed by atoms with van der Waals surface area (Å²) < 4.78 is 10.6. The summed E-state index contributed by atoms with van der Waals surface area (Å²) in [7, 11) is 3.10. The molecular weight excluding hydrogens is 567 g/mol. The van der Waals surface area contributed by atoms with E-state index in [1.807, 2.05) is 37.3 Å². The maximum atomic E-state index is 13.4. The highest BCUT2D eigenvalue weighted by Crippen LogP contribution is 2.65. The average molecular weight is 602 g/mol. The number of benzene rings is 2. The van der Waals surface area contributed by atoms with Crippen molar-refractivity contribution in [2.75, 3.05) is 14.2 Å². The van der Waals surface area contributed by atoms with E-state index in [1.54, 1.807) is 7.11 Å². The fourth-order valence-corrected chi connectivity index (χ4v) is 9.17. The van der Waals surface area contributed by atoms with Crippen molar-refractivity contribution < 1.29 is 19.1 Å². The van der Waals surface area contributed by atoms with E-state index in [0.717, 1.165) is 46.7 Å². The Balaban J connectivity index is 1.43. The third-order valence-corrected chi connectivity index (χ3v) is 11.0. The van der Waals surface area contributed by atoms with Crippen molar-refractivity contribution in [2.45, 2.75) is 64.2 Å². The van der Waals surface area contributed by atoms with Gasteiger partial charge in [-0.2, -0.15) is 4.99 Å². The number of aromatic nitrogens is 1. The number of hydrogen-bond acceptors (Lipinski definition) is 8. The Hall–Kier alpha value is -3.43. The summed E-state index contributed by atoms with van der Waals surface area (Å²) in [4.78, 5) is 37.7. The molecule has 2 aromatic carbocycles. The van der Waals surface area contributed by atoms with Crippen LogP contribution in [0.25, 0.3) is 17.3 Å². The van der Waals surface area contributed by atoms with Gasteiger partial charge in [-0.1, -0.05) is 62.8 Å². The van der Waals surface area contributed by atoms with Gasteiger partial charge in [0.25, 0.3) is 5.91 Å². The number of esters is 1. The van der Waals surface area contributed by atoms with Crippen LogP contribution in [-0.4, -0.2) is 36.2 Å². The number of nitrogens with one attached hydrogen (secondary N) is 1. The number of rotatable bonds is 5. The Morgan fingerprint density at radius 1 is 1.14 bits per heavy atom. The highest BCUT2D eigenvalue weighted by molar-refractivity contribution is 8.18. The molecule has 1 aliphatic heterocycles. The molecule has 2 aliphatic carbocycles. The standard InChI is InChI=1S/C33H35N3O4S2/c1-18(2)20-10-13-23-22(17-20)25-26(27-32(23,3)14-7-15-33(27,4)29(38)40-6)42-30(34-25)36-31-35-28(37)24(41-31)16-19-8-11-21(39-5)12-9-19/h8-13,16-18,27H,7,14-15H2,1-6H3,(H,34,35,36,37)/b24-16-/t27?,32-,33-/m1/s1. The van der Waals surface area contributed by atoms with Gasteiger partial charge in [0.2, 0.25) is 5.13 Å². The van der Waals surface area contributed by atoms with E-state index in [2.05, 4.69) is 44.3 Å². The Kier molecular flexibility index (Phi) is 7.30. The van der Waals surface area contributed by atoms with Gasteiger partial charge in [-0.15, -0.1) is 0 Å². The topological polar surface area (TPSA) is 89.9 Å². The molecule has 3 aliphatic rings. The molecule has 3 atom stereocenters. The van der Waals surface area contributed by atoms with Gasteiger partial charge in [0.1, 0.15) is 5.75 Å². The molecule has 42 heavy (non-hydrogen) atoms. The maximum absolute atomic E-state index is 13.4. The molecule has 0 bridgehead atoms. The van der Waals surface area contributed by atoms with Crippen molar-refractivity contribution in [1.82, 2.24) is 10.3 Å². The monoisotopic (exact) mass is 601 g/mol. The van der Waals surface area contributed by atoms with Crippen LogP contribution in [0.3, 0.4) is 0 Å². The van der Waals surface area contributed by atoms with Crippen LogP contribution >= 0.6 is 23.1 Å². The van der Waals surface area contributed by atoms with Crippen molar-refractivity contribution >= 4 is 51.4 Å². The van der Waals surface area contributed by atoms with Gasteiger partial charge < -0.3 is 14.8 Å². The predicted octanol–water partition coefficient (Wildman–Crippen LogP) is 7.55. The molecule has 2 heterocycles. The molecule has 218 valence electrons. The van der Waals surface area contributed by atoms with Gasteiger partial charge in [-0.25, -0.2) is 4.98 Å². The van der Waals surface area contributed by atoms with Crippen LogP contribution in [0.15, 0.2) is 52.4 Å². The lowest BCUT2D eigenvalue weighted by atomic mass is 9.50. The average Bonchev–Trinajstić information content (AvgIpc) is 3.54. The second-order valence-corrected chi connectivity index (χ2v) is 14.1. The predicted molar refractivity (Wildman–Crippen MR) is 170 cm³/mol. The van der Waals surface area contributed by atoms with Crippen LogP contribution in [0.4, 0.5) is 5.13 Å². The quantitative estimate of drug-likeness (QED) is 0.240. The van der Waals surface area contributed by atoms with Crippen LogP contribution in [0.1, 0.15) is 80.4 Å². The largest absolute Gasteiger partial charge is 0.497 e. The normalized spacial score (nSPS) is 26.5. The van der Waals surface area contributed by atoms with Crippen LogP contribution < -0.4 is 10.1 Å². The van der Waals surface area contributed by atoms with Gasteiger partial charge >= 0.3 is 5.97 Å². The zero-order valence-electron chi connectivity index (χ0n) is 24.7. The number of thiazole rings is 1. The van der Waals surface area contributed by atoms with Gasteiger partial charge in [-0.05, 0) is 78.4 Å². The molecule has 7 nitrogen and oxygen atoms in total. The maximum Gasteiger partial charge on any atom is 0.312 e. The number of ether oxygens (including phenoxy) is 2. The molecule has 1 saturated heterocycles. The fourth-order valence-electron chi connectivity index (χ4n) is 6.93. The van der Waals surface area contributed by atoms with Crippen molar-refractivity contribution in [3.63, 3.8) is 0 Å². The highest BCUT2D eigenvalue weighted by Gasteiger charge is 2.58. The smallest absolute Gasteiger partial charge is 0.312 e. The van der Waals surface area contributed by atoms with E-state index in [9.17, 15) is 9.59 Å². The van der Waals surface area contributed by atoms with Crippen molar-refractivity contribution in [1.29, 1.82) is 0 Å². The molecule has 0 radical (unpaired) electrons. The third kappa shape index (κ3) is 4.67. The van der Waals surface area contributed by atoms with Gasteiger partial charge in [0, 0.05) is 21.8 Å². The SMILES string of the molecule is COC(=O)[C@]1(C)CCC[C@]2(C)c3ccc(C(C)C)cc3-c3nc(/N=C4\NC(=O)/C(=C/c5ccc(OC)cc5)S4)sc3C12. The first-order chi connectivity index (χ1) is 20.1. The lowest BCUT2D eigenvalue weighted by molar-refractivity contribution is -0.157. The van der Waals surface area contributed by atoms with Crippen molar-refractivity contribution in [3.8, 4) is 17.0 Å². The van der Waals surface area contributed by atoms with E-state index in [4.69, 9.17) is 19.5 Å². The molecule has 9 heteroatoms. The molecule has 1 saturated carbocycles. The number of amides is 1. The van der Waals surface area contributed by atoms with Gasteiger partial charge in [0.05, 0.1) is 30.2 Å². The van der Waals surface area contributed by atoms with Crippen LogP contribution in [0.2, 0.25) is 0 Å². The summed E-state index contributed by atoms with van der Waals surface area (Å²) in [6.45, 7) is 8.73. The number of nitrogens with zero attached hydrogens (tertiary/aromatic N) is 2. The number of carbonyl (C=O) groups is 2. The first kappa shape index (κ1) is 28.7. The lowest BCUT2D eigenvalue weighted by Gasteiger charge is -2.53. The third-order valence-electron chi connectivity index (χ3n) is 9.06. The second-order valence-electron chi connectivity index (χ2n) is 12.0. The number of aliphatic imine (C=N–C) groups is 1. The Bertz CT molecular complexity index is 1640. The fraction of sp³-hybridized carbons (Fsp3) is 0.394. The summed E-state index contributed by atoms with van der Waals surface area (Å²) in [6.07, 6.45) is 4.52. The summed E-state index contributed by atoms with van der Waals surface area (Å²) in [5.74, 6) is 0.660. The minimum absolute atomic E-state index is 0.0959.